The fourth-order valence-electron chi connectivity index (χ4n) is 1.98. The summed E-state index contributed by atoms with van der Waals surface area (Å²) in [6.07, 6.45) is 0.722. The molecule has 0 saturated carbocycles. The van der Waals surface area contributed by atoms with Crippen molar-refractivity contribution in [1.82, 2.24) is 5.32 Å². The maximum Gasteiger partial charge on any atom is 0.257 e. The molecule has 0 saturated heterocycles. The van der Waals surface area contributed by atoms with E-state index in [1.807, 2.05) is 48.5 Å². The fraction of sp³-hybridized carbons (Fsp3) is 0.235. The van der Waals surface area contributed by atoms with E-state index in [2.05, 4.69) is 27.9 Å². The van der Waals surface area contributed by atoms with E-state index in [0.29, 0.717) is 12.3 Å². The number of ether oxygens (including phenoxy) is 2. The lowest BCUT2D eigenvalue weighted by Crippen LogP contribution is -2.30. The van der Waals surface area contributed by atoms with Crippen molar-refractivity contribution in [2.75, 3.05) is 20.3 Å². The summed E-state index contributed by atoms with van der Waals surface area (Å²) in [5, 5.41) is 2.84. The molecule has 0 aromatic heterocycles. The fourth-order valence-corrected chi connectivity index (χ4v) is 2.34. The van der Waals surface area contributed by atoms with Crippen molar-refractivity contribution in [2.24, 2.45) is 0 Å². The van der Waals surface area contributed by atoms with Gasteiger partial charge in [-0.15, -0.1) is 0 Å². The predicted octanol–water partition coefficient (Wildman–Crippen LogP) is 3.04. The number of para-hydroxylation sites is 1. The molecule has 4 nitrogen and oxygen atoms in total. The number of carbonyl (C=O) groups is 1. The molecule has 2 rings (SSSR count). The third kappa shape index (κ3) is 5.22. The molecule has 22 heavy (non-hydrogen) atoms. The van der Waals surface area contributed by atoms with Crippen molar-refractivity contribution in [2.45, 2.75) is 6.42 Å². The molecule has 0 aliphatic rings. The van der Waals surface area contributed by atoms with Gasteiger partial charge in [0, 0.05) is 10.1 Å². The topological polar surface area (TPSA) is 47.6 Å². The first-order valence-corrected chi connectivity index (χ1v) is 8.04. The zero-order valence-corrected chi connectivity index (χ0v) is 14.5. The van der Waals surface area contributed by atoms with E-state index in [4.69, 9.17) is 9.47 Å². The number of benzene rings is 2. The Morgan fingerprint density at radius 1 is 1.14 bits per heavy atom. The highest BCUT2D eigenvalue weighted by Gasteiger charge is 2.05. The third-order valence-corrected chi connectivity index (χ3v) is 3.81. The van der Waals surface area contributed by atoms with Crippen LogP contribution in [0.4, 0.5) is 0 Å². The zero-order chi connectivity index (χ0) is 15.8. The molecule has 2 aromatic rings. The van der Waals surface area contributed by atoms with Crippen molar-refractivity contribution in [1.29, 1.82) is 0 Å². The molecular weight excluding hydrogens is 393 g/mol. The first-order valence-electron chi connectivity index (χ1n) is 6.96. The Kier molecular flexibility index (Phi) is 6.51. The van der Waals surface area contributed by atoms with Crippen LogP contribution in [0.3, 0.4) is 0 Å². The normalized spacial score (nSPS) is 10.1. The van der Waals surface area contributed by atoms with Crippen molar-refractivity contribution < 1.29 is 14.3 Å². The standard InChI is InChI=1S/C17H18INO3/c1-21-16-5-3-2-4-13(16)10-11-19-17(20)12-22-15-8-6-14(18)7-9-15/h2-9H,10-12H2,1H3,(H,19,20). The Morgan fingerprint density at radius 3 is 2.59 bits per heavy atom. The number of amides is 1. The minimum atomic E-state index is -0.131. The lowest BCUT2D eigenvalue weighted by molar-refractivity contribution is -0.123. The van der Waals surface area contributed by atoms with E-state index in [1.54, 1.807) is 7.11 Å². The van der Waals surface area contributed by atoms with Crippen LogP contribution < -0.4 is 14.8 Å². The largest absolute Gasteiger partial charge is 0.496 e. The Hall–Kier alpha value is -1.76. The molecule has 0 unspecified atom stereocenters. The zero-order valence-electron chi connectivity index (χ0n) is 12.3. The molecular formula is C17H18INO3. The van der Waals surface area contributed by atoms with Crippen LogP contribution in [0, 0.1) is 3.57 Å². The number of hydrogen-bond acceptors (Lipinski definition) is 3. The number of nitrogens with one attached hydrogen (secondary N) is 1. The van der Waals surface area contributed by atoms with E-state index in [0.717, 1.165) is 21.3 Å². The summed E-state index contributed by atoms with van der Waals surface area (Å²) < 4.78 is 11.8. The number of halogens is 1. The van der Waals surface area contributed by atoms with Crippen molar-refractivity contribution in [3.8, 4) is 11.5 Å². The number of methoxy groups -OCH3 is 1. The molecule has 0 radical (unpaired) electrons. The quantitative estimate of drug-likeness (QED) is 0.713. The molecule has 0 aliphatic heterocycles. The smallest absolute Gasteiger partial charge is 0.257 e. The monoisotopic (exact) mass is 411 g/mol. The Labute approximate surface area is 144 Å². The SMILES string of the molecule is COc1ccccc1CCNC(=O)COc1ccc(I)cc1. The molecule has 5 heteroatoms. The van der Waals surface area contributed by atoms with Gasteiger partial charge in [0.2, 0.25) is 0 Å². The predicted molar refractivity (Wildman–Crippen MR) is 94.4 cm³/mol. The van der Waals surface area contributed by atoms with E-state index < -0.39 is 0 Å². The average Bonchev–Trinajstić information content (AvgIpc) is 2.55. The highest BCUT2D eigenvalue weighted by atomic mass is 127. The highest BCUT2D eigenvalue weighted by Crippen LogP contribution is 2.17. The maximum atomic E-state index is 11.8. The van der Waals surface area contributed by atoms with Crippen LogP contribution in [0.1, 0.15) is 5.56 Å². The lowest BCUT2D eigenvalue weighted by atomic mass is 10.1. The van der Waals surface area contributed by atoms with E-state index >= 15 is 0 Å². The van der Waals surface area contributed by atoms with Crippen LogP contribution in [0.2, 0.25) is 0 Å². The molecule has 0 fully saturated rings. The summed E-state index contributed by atoms with van der Waals surface area (Å²) in [7, 11) is 1.65. The van der Waals surface area contributed by atoms with Gasteiger partial charge in [-0.3, -0.25) is 4.79 Å². The maximum absolute atomic E-state index is 11.8. The molecule has 0 spiro atoms. The first kappa shape index (κ1) is 16.6. The van der Waals surface area contributed by atoms with E-state index in [9.17, 15) is 4.79 Å². The van der Waals surface area contributed by atoms with Crippen LogP contribution in [-0.2, 0) is 11.2 Å². The van der Waals surface area contributed by atoms with Gasteiger partial charge in [-0.25, -0.2) is 0 Å². The minimum Gasteiger partial charge on any atom is -0.496 e. The van der Waals surface area contributed by atoms with Crippen molar-refractivity contribution in [3.63, 3.8) is 0 Å². The summed E-state index contributed by atoms with van der Waals surface area (Å²) in [6.45, 7) is 0.571. The van der Waals surface area contributed by atoms with Gasteiger partial charge >= 0.3 is 0 Å². The van der Waals surface area contributed by atoms with Gasteiger partial charge < -0.3 is 14.8 Å². The van der Waals surface area contributed by atoms with Gasteiger partial charge in [0.05, 0.1) is 7.11 Å². The molecule has 0 bridgehead atoms. The van der Waals surface area contributed by atoms with Crippen LogP contribution in [-0.4, -0.2) is 26.2 Å². The number of hydrogen-bond donors (Lipinski definition) is 1. The molecule has 116 valence electrons. The third-order valence-electron chi connectivity index (χ3n) is 3.09. The van der Waals surface area contributed by atoms with Gasteiger partial charge in [0.15, 0.2) is 6.61 Å². The molecule has 1 N–H and O–H groups in total. The highest BCUT2D eigenvalue weighted by molar-refractivity contribution is 14.1. The molecule has 1 amide bonds. The van der Waals surface area contributed by atoms with Gasteiger partial charge in [0.1, 0.15) is 11.5 Å². The first-order chi connectivity index (χ1) is 10.7. The average molecular weight is 411 g/mol. The molecule has 0 aliphatic carbocycles. The van der Waals surface area contributed by atoms with Crippen LogP contribution >= 0.6 is 22.6 Å². The van der Waals surface area contributed by atoms with E-state index in [-0.39, 0.29) is 12.5 Å². The lowest BCUT2D eigenvalue weighted by Gasteiger charge is -2.10. The van der Waals surface area contributed by atoms with Crippen LogP contribution in [0.15, 0.2) is 48.5 Å². The summed E-state index contributed by atoms with van der Waals surface area (Å²) >= 11 is 2.22. The number of rotatable bonds is 7. The molecule has 0 heterocycles. The summed E-state index contributed by atoms with van der Waals surface area (Å²) in [6, 6.07) is 15.4. The van der Waals surface area contributed by atoms with Gasteiger partial charge in [-0.05, 0) is 64.9 Å². The summed E-state index contributed by atoms with van der Waals surface area (Å²) in [4.78, 5) is 11.8. The van der Waals surface area contributed by atoms with Crippen molar-refractivity contribution >= 4 is 28.5 Å². The van der Waals surface area contributed by atoms with Gasteiger partial charge in [-0.1, -0.05) is 18.2 Å². The van der Waals surface area contributed by atoms with Crippen LogP contribution in [0.25, 0.3) is 0 Å². The van der Waals surface area contributed by atoms with Gasteiger partial charge in [-0.2, -0.15) is 0 Å². The van der Waals surface area contributed by atoms with Crippen molar-refractivity contribution in [3.05, 3.63) is 57.7 Å². The molecule has 0 atom stereocenters. The minimum absolute atomic E-state index is 0.0204. The van der Waals surface area contributed by atoms with Crippen LogP contribution in [0.5, 0.6) is 11.5 Å². The summed E-state index contributed by atoms with van der Waals surface area (Å²) in [5.74, 6) is 1.40. The Bertz CT molecular complexity index is 614. The second-order valence-electron chi connectivity index (χ2n) is 4.65. The second-order valence-corrected chi connectivity index (χ2v) is 5.90. The number of carbonyl (C=O) groups excluding carboxylic acids is 1. The Balaban J connectivity index is 1.72. The molecule has 2 aromatic carbocycles. The summed E-state index contributed by atoms with van der Waals surface area (Å²) in [5.41, 5.74) is 1.07. The second kappa shape index (κ2) is 8.63. The van der Waals surface area contributed by atoms with E-state index in [1.165, 1.54) is 0 Å². The van der Waals surface area contributed by atoms with Gasteiger partial charge in [0.25, 0.3) is 5.91 Å². The Morgan fingerprint density at radius 2 is 1.86 bits per heavy atom.